The number of carbonyl (C=O) groups is 2. The topological polar surface area (TPSA) is 97.3 Å². The molecule has 0 saturated carbocycles. The van der Waals surface area contributed by atoms with Crippen LogP contribution in [0.3, 0.4) is 0 Å². The Bertz CT molecular complexity index is 1630. The van der Waals surface area contributed by atoms with E-state index in [0.29, 0.717) is 34.0 Å². The second-order valence-corrected chi connectivity index (χ2v) is 11.0. The number of fused-ring (bicyclic) bond motifs is 1. The summed E-state index contributed by atoms with van der Waals surface area (Å²) in [4.78, 5) is 28.8. The van der Waals surface area contributed by atoms with Crippen molar-refractivity contribution >= 4 is 46.8 Å². The number of aromatic hydroxyl groups is 1. The summed E-state index contributed by atoms with van der Waals surface area (Å²) in [6.45, 7) is 4.02. The summed E-state index contributed by atoms with van der Waals surface area (Å²) in [5.41, 5.74) is 4.07. The Morgan fingerprint density at radius 2 is 1.67 bits per heavy atom. The van der Waals surface area contributed by atoms with Gasteiger partial charge in [0.15, 0.2) is 11.5 Å². The number of nitrogens with zero attached hydrogens (tertiary/aromatic N) is 1. The van der Waals surface area contributed by atoms with Crippen molar-refractivity contribution in [2.45, 2.75) is 11.8 Å². The van der Waals surface area contributed by atoms with E-state index >= 15 is 0 Å². The number of hydrogen-bond acceptors (Lipinski definition) is 7. The summed E-state index contributed by atoms with van der Waals surface area (Å²) < 4.78 is 16.0. The maximum absolute atomic E-state index is 14.7. The van der Waals surface area contributed by atoms with Gasteiger partial charge in [-0.05, 0) is 65.6 Å². The molecule has 3 unspecified atom stereocenters. The Kier molecular flexibility index (Phi) is 8.44. The molecular weight excluding hydrogens is 591 g/mol. The van der Waals surface area contributed by atoms with Crippen LogP contribution in [0.4, 0.5) is 5.69 Å². The number of imide groups is 1. The monoisotopic (exact) mass is 620 g/mol. The van der Waals surface area contributed by atoms with Gasteiger partial charge in [0, 0.05) is 10.9 Å². The van der Waals surface area contributed by atoms with Crippen molar-refractivity contribution in [2.24, 2.45) is 11.8 Å². The molecule has 8 nitrogen and oxygen atoms in total. The molecule has 3 aromatic carbocycles. The van der Waals surface area contributed by atoms with Crippen molar-refractivity contribution < 1.29 is 28.9 Å². The fourth-order valence-corrected chi connectivity index (χ4v) is 6.38. The number of amides is 2. The van der Waals surface area contributed by atoms with Gasteiger partial charge in [0.25, 0.3) is 11.8 Å². The number of nitrogens with one attached hydrogen (secondary N) is 1. The predicted octanol–water partition coefficient (Wildman–Crippen LogP) is 6.82. The van der Waals surface area contributed by atoms with Crippen LogP contribution in [-0.2, 0) is 15.0 Å². The predicted molar refractivity (Wildman–Crippen MR) is 167 cm³/mol. The smallest absolute Gasteiger partial charge is 0.260 e. The highest BCUT2D eigenvalue weighted by Crippen LogP contribution is 2.54. The molecule has 0 aromatic heterocycles. The lowest BCUT2D eigenvalue weighted by Gasteiger charge is -2.41. The van der Waals surface area contributed by atoms with Crippen molar-refractivity contribution in [3.63, 3.8) is 0 Å². The molecule has 1 saturated heterocycles. The molecule has 1 fully saturated rings. The third-order valence-corrected chi connectivity index (χ3v) is 8.56. The number of rotatable bonds is 9. The lowest BCUT2D eigenvalue weighted by Crippen LogP contribution is -2.49. The molecule has 5 rings (SSSR count). The minimum Gasteiger partial charge on any atom is -0.502 e. The molecule has 3 aromatic rings. The lowest BCUT2D eigenvalue weighted by atomic mass is 9.57. The van der Waals surface area contributed by atoms with E-state index in [1.165, 1.54) is 20.3 Å². The summed E-state index contributed by atoms with van der Waals surface area (Å²) in [6, 6.07) is 15.3. The van der Waals surface area contributed by atoms with Gasteiger partial charge in [0.1, 0.15) is 5.75 Å². The molecule has 3 atom stereocenters. The average molecular weight is 622 g/mol. The largest absolute Gasteiger partial charge is 0.502 e. The minimum absolute atomic E-state index is 0.125. The summed E-state index contributed by atoms with van der Waals surface area (Å²) in [5.74, 6) is -1.23. The van der Waals surface area contributed by atoms with Crippen LogP contribution in [-0.4, -0.2) is 43.3 Å². The van der Waals surface area contributed by atoms with E-state index < -0.39 is 29.1 Å². The fourth-order valence-electron chi connectivity index (χ4n) is 5.93. The third kappa shape index (κ3) is 5.11. The number of phenols is 1. The molecule has 2 N–H and O–H groups in total. The van der Waals surface area contributed by atoms with Gasteiger partial charge < -0.3 is 19.3 Å². The first-order valence-electron chi connectivity index (χ1n) is 13.4. The molecule has 1 heterocycles. The van der Waals surface area contributed by atoms with Gasteiger partial charge >= 0.3 is 0 Å². The van der Waals surface area contributed by atoms with Gasteiger partial charge in [-0.3, -0.25) is 15.0 Å². The van der Waals surface area contributed by atoms with E-state index in [1.54, 1.807) is 49.6 Å². The van der Waals surface area contributed by atoms with Crippen molar-refractivity contribution in [1.82, 2.24) is 5.01 Å². The van der Waals surface area contributed by atoms with Crippen LogP contribution >= 0.6 is 23.2 Å². The number of carbonyl (C=O) groups excluding carboxylic acids is 2. The van der Waals surface area contributed by atoms with Crippen LogP contribution in [0.1, 0.15) is 17.5 Å². The highest BCUT2D eigenvalue weighted by Gasteiger charge is 2.65. The summed E-state index contributed by atoms with van der Waals surface area (Å²) >= 11 is 12.5. The van der Waals surface area contributed by atoms with E-state index in [9.17, 15) is 14.7 Å². The Hall–Kier alpha value is -4.40. The van der Waals surface area contributed by atoms with Crippen molar-refractivity contribution in [1.29, 1.82) is 0 Å². The first-order chi connectivity index (χ1) is 20.7. The van der Waals surface area contributed by atoms with E-state index in [0.717, 1.165) is 10.6 Å². The van der Waals surface area contributed by atoms with Gasteiger partial charge in [0.05, 0.1) is 43.4 Å². The molecule has 10 heteroatoms. The Morgan fingerprint density at radius 1 is 1.00 bits per heavy atom. The van der Waals surface area contributed by atoms with Crippen LogP contribution in [0.25, 0.3) is 6.08 Å². The quantitative estimate of drug-likeness (QED) is 0.253. The third-order valence-electron chi connectivity index (χ3n) is 8.01. The summed E-state index contributed by atoms with van der Waals surface area (Å²) in [7, 11) is 4.46. The Labute approximate surface area is 259 Å². The van der Waals surface area contributed by atoms with E-state index in [4.69, 9.17) is 37.4 Å². The van der Waals surface area contributed by atoms with Crippen LogP contribution in [0.5, 0.6) is 23.0 Å². The highest BCUT2D eigenvalue weighted by molar-refractivity contribution is 6.36. The normalized spacial score (nSPS) is 21.4. The number of allylic oxidation sites excluding steroid dienone is 4. The van der Waals surface area contributed by atoms with Crippen molar-refractivity contribution in [2.75, 3.05) is 26.8 Å². The van der Waals surface area contributed by atoms with E-state index in [-0.39, 0.29) is 22.3 Å². The van der Waals surface area contributed by atoms with Crippen molar-refractivity contribution in [3.8, 4) is 23.0 Å². The van der Waals surface area contributed by atoms with E-state index in [2.05, 4.69) is 12.0 Å². The number of hydrazine groups is 1. The van der Waals surface area contributed by atoms with Gasteiger partial charge in [-0.25, -0.2) is 0 Å². The molecule has 1 aliphatic heterocycles. The number of ether oxygens (including phenoxy) is 3. The van der Waals surface area contributed by atoms with Crippen LogP contribution in [0.15, 0.2) is 85.0 Å². The molecule has 0 bridgehead atoms. The molecule has 0 radical (unpaired) electrons. The van der Waals surface area contributed by atoms with Gasteiger partial charge in [-0.15, -0.1) is 0 Å². The zero-order valence-corrected chi connectivity index (χ0v) is 25.3. The SMILES string of the molecule is C=CC1=CCC2C(=O)N(Nc3ccc(Cl)cc3Cl)C(=O)C2(c2ccc(OC)cc2)C1C=Cc1cc(OC)c(O)c(OC)c1. The summed E-state index contributed by atoms with van der Waals surface area (Å²) in [5, 5.41) is 12.1. The van der Waals surface area contributed by atoms with Gasteiger partial charge in [-0.1, -0.05) is 66.2 Å². The molecule has 0 spiro atoms. The average Bonchev–Trinajstić information content (AvgIpc) is 3.23. The number of methoxy groups -OCH3 is 3. The number of hydrogen-bond donors (Lipinski definition) is 2. The molecule has 222 valence electrons. The minimum atomic E-state index is -1.34. The van der Waals surface area contributed by atoms with Crippen LogP contribution in [0, 0.1) is 11.8 Å². The maximum Gasteiger partial charge on any atom is 0.260 e. The van der Waals surface area contributed by atoms with Crippen LogP contribution in [0.2, 0.25) is 10.0 Å². The highest BCUT2D eigenvalue weighted by atomic mass is 35.5. The number of benzene rings is 3. The maximum atomic E-state index is 14.7. The zero-order valence-electron chi connectivity index (χ0n) is 23.8. The van der Waals surface area contributed by atoms with Gasteiger partial charge in [0.2, 0.25) is 5.75 Å². The number of phenolic OH excluding ortho intramolecular Hbond substituents is 1. The van der Waals surface area contributed by atoms with E-state index in [1.807, 2.05) is 30.4 Å². The Balaban J connectivity index is 1.68. The Morgan fingerprint density at radius 3 is 2.26 bits per heavy atom. The fraction of sp³-hybridized carbons (Fsp3) is 0.212. The summed E-state index contributed by atoms with van der Waals surface area (Å²) in [6.07, 6.45) is 7.65. The molecule has 43 heavy (non-hydrogen) atoms. The first kappa shape index (κ1) is 30.1. The first-order valence-corrected chi connectivity index (χ1v) is 14.1. The molecule has 2 amide bonds. The zero-order chi connectivity index (χ0) is 30.9. The molecular formula is C33H30Cl2N2O6. The second-order valence-electron chi connectivity index (χ2n) is 10.1. The molecule has 2 aliphatic rings. The second kappa shape index (κ2) is 12.1. The standard InChI is InChI=1S/C33H30Cl2N2O6/c1-5-20-7-14-25-31(39)37(36-27-15-10-22(34)18-26(27)35)32(40)33(25,21-8-11-23(41-2)12-9-21)24(20)13-6-19-16-28(42-3)30(38)29(17-19)43-4/h5-13,15-18,24-25,36,38H,1,14H2,2-4H3. The van der Waals surface area contributed by atoms with Crippen molar-refractivity contribution in [3.05, 3.63) is 106 Å². The molecule has 1 aliphatic carbocycles. The van der Waals surface area contributed by atoms with Gasteiger partial charge in [-0.2, -0.15) is 5.01 Å². The number of anilines is 1. The number of halogens is 2. The lowest BCUT2D eigenvalue weighted by molar-refractivity contribution is -0.138. The van der Waals surface area contributed by atoms with Crippen LogP contribution < -0.4 is 19.6 Å².